The largest absolute Gasteiger partial charge is 0.508 e. The van der Waals surface area contributed by atoms with Gasteiger partial charge in [0.1, 0.15) is 5.75 Å². The van der Waals surface area contributed by atoms with Crippen LogP contribution in [0.3, 0.4) is 0 Å². The number of fused-ring (bicyclic) bond motifs is 5. The summed E-state index contributed by atoms with van der Waals surface area (Å²) in [5.74, 6) is -2.74. The molecule has 0 saturated carbocycles. The van der Waals surface area contributed by atoms with E-state index >= 15 is 0 Å². The first-order chi connectivity index (χ1) is 10.6. The number of carbonyl (C=O) groups is 3. The molecule has 2 bridgehead atoms. The summed E-state index contributed by atoms with van der Waals surface area (Å²) < 4.78 is 5.51. The second-order valence-corrected chi connectivity index (χ2v) is 5.50. The molecule has 2 saturated heterocycles. The number of rotatable bonds is 2. The van der Waals surface area contributed by atoms with E-state index in [9.17, 15) is 19.5 Å². The molecule has 3 heterocycles. The zero-order valence-electron chi connectivity index (χ0n) is 11.3. The van der Waals surface area contributed by atoms with Crippen LogP contribution in [0.2, 0.25) is 0 Å². The van der Waals surface area contributed by atoms with Gasteiger partial charge in [0.15, 0.2) is 0 Å². The number of nitrogens with one attached hydrogen (secondary N) is 1. The van der Waals surface area contributed by atoms with E-state index < -0.39 is 41.8 Å². The summed E-state index contributed by atoms with van der Waals surface area (Å²) >= 11 is 0. The third kappa shape index (κ3) is 1.69. The molecule has 2 fully saturated rings. The van der Waals surface area contributed by atoms with Gasteiger partial charge < -0.3 is 9.84 Å². The Kier molecular flexibility index (Phi) is 2.61. The second kappa shape index (κ2) is 4.41. The SMILES string of the molecule is O=C(NN1C(=O)[C@@H]2[C@@H](C1=O)[C@@H]1C=C[C@@H]2O1)c1cccc(O)c1. The molecule has 7 nitrogen and oxygen atoms in total. The van der Waals surface area contributed by atoms with Crippen LogP contribution in [-0.4, -0.2) is 40.0 Å². The normalized spacial score (nSPS) is 31.7. The smallest absolute Gasteiger partial charge is 0.270 e. The number of amides is 3. The Labute approximate surface area is 125 Å². The molecule has 3 aliphatic rings. The monoisotopic (exact) mass is 300 g/mol. The van der Waals surface area contributed by atoms with Crippen molar-refractivity contribution in [2.75, 3.05) is 0 Å². The zero-order chi connectivity index (χ0) is 15.4. The van der Waals surface area contributed by atoms with Crippen molar-refractivity contribution in [2.45, 2.75) is 12.2 Å². The number of benzene rings is 1. The quantitative estimate of drug-likeness (QED) is 0.591. The average molecular weight is 300 g/mol. The highest BCUT2D eigenvalue weighted by Crippen LogP contribution is 2.44. The summed E-state index contributed by atoms with van der Waals surface area (Å²) in [6.45, 7) is 0. The van der Waals surface area contributed by atoms with E-state index in [1.807, 2.05) is 0 Å². The Balaban J connectivity index is 1.56. The van der Waals surface area contributed by atoms with Crippen molar-refractivity contribution in [3.05, 3.63) is 42.0 Å². The number of aromatic hydroxyl groups is 1. The van der Waals surface area contributed by atoms with Gasteiger partial charge in [0.2, 0.25) is 0 Å². The van der Waals surface area contributed by atoms with E-state index in [4.69, 9.17) is 4.74 Å². The molecule has 112 valence electrons. The molecule has 0 spiro atoms. The number of hydrogen-bond donors (Lipinski definition) is 2. The van der Waals surface area contributed by atoms with Gasteiger partial charge in [0.05, 0.1) is 24.0 Å². The lowest BCUT2D eigenvalue weighted by Crippen LogP contribution is -2.47. The Morgan fingerprint density at radius 2 is 1.77 bits per heavy atom. The number of imide groups is 1. The fourth-order valence-electron chi connectivity index (χ4n) is 3.23. The summed E-state index contributed by atoms with van der Waals surface area (Å²) in [7, 11) is 0. The summed E-state index contributed by atoms with van der Waals surface area (Å²) in [4.78, 5) is 36.8. The highest BCUT2D eigenvalue weighted by molar-refractivity contribution is 6.09. The van der Waals surface area contributed by atoms with Gasteiger partial charge in [-0.25, -0.2) is 0 Å². The third-order valence-electron chi connectivity index (χ3n) is 4.23. The maximum Gasteiger partial charge on any atom is 0.270 e. The number of hydrogen-bond acceptors (Lipinski definition) is 5. The van der Waals surface area contributed by atoms with Crippen LogP contribution >= 0.6 is 0 Å². The van der Waals surface area contributed by atoms with Crippen LogP contribution < -0.4 is 5.43 Å². The minimum absolute atomic E-state index is 0.0701. The molecule has 0 aromatic heterocycles. The van der Waals surface area contributed by atoms with Crippen LogP contribution in [0.5, 0.6) is 5.75 Å². The van der Waals surface area contributed by atoms with Gasteiger partial charge in [-0.1, -0.05) is 18.2 Å². The van der Waals surface area contributed by atoms with E-state index in [1.54, 1.807) is 12.2 Å². The topological polar surface area (TPSA) is 95.9 Å². The Hall–Kier alpha value is -2.67. The van der Waals surface area contributed by atoms with Gasteiger partial charge in [-0.3, -0.25) is 19.8 Å². The molecule has 0 radical (unpaired) electrons. The number of phenols is 1. The summed E-state index contributed by atoms with van der Waals surface area (Å²) in [5.41, 5.74) is 2.48. The first-order valence-corrected chi connectivity index (χ1v) is 6.88. The van der Waals surface area contributed by atoms with Crippen molar-refractivity contribution < 1.29 is 24.2 Å². The standard InChI is InChI=1S/C15H12N2O5/c18-8-3-1-2-7(6-8)13(19)16-17-14(20)11-9-4-5-10(22-9)12(11)15(17)21/h1-6,9-12,18H,(H,16,19)/t9-,10-,11-,12-/m0/s1. The average Bonchev–Trinajstić information content (AvgIpc) is 3.17. The maximum absolute atomic E-state index is 12.3. The fourth-order valence-corrected chi connectivity index (χ4v) is 3.23. The third-order valence-corrected chi connectivity index (χ3v) is 4.23. The molecule has 7 heteroatoms. The highest BCUT2D eigenvalue weighted by atomic mass is 16.5. The fraction of sp³-hybridized carbons (Fsp3) is 0.267. The molecule has 0 aliphatic carbocycles. The lowest BCUT2D eigenvalue weighted by Gasteiger charge is -2.18. The Bertz CT molecular complexity index is 698. The maximum atomic E-state index is 12.3. The van der Waals surface area contributed by atoms with Crippen molar-refractivity contribution >= 4 is 17.7 Å². The van der Waals surface area contributed by atoms with E-state index in [2.05, 4.69) is 5.43 Å². The van der Waals surface area contributed by atoms with Crippen LogP contribution in [0, 0.1) is 11.8 Å². The lowest BCUT2D eigenvalue weighted by atomic mass is 9.85. The van der Waals surface area contributed by atoms with Gasteiger partial charge in [-0.2, -0.15) is 5.01 Å². The van der Waals surface area contributed by atoms with Gasteiger partial charge >= 0.3 is 0 Å². The number of hydrazine groups is 1. The molecule has 4 atom stereocenters. The van der Waals surface area contributed by atoms with Gasteiger partial charge in [0.25, 0.3) is 17.7 Å². The molecule has 22 heavy (non-hydrogen) atoms. The van der Waals surface area contributed by atoms with Gasteiger partial charge in [-0.15, -0.1) is 0 Å². The van der Waals surface area contributed by atoms with Crippen LogP contribution in [0.25, 0.3) is 0 Å². The molecule has 3 aliphatic heterocycles. The predicted octanol–water partition coefficient (Wildman–Crippen LogP) is -0.0246. The lowest BCUT2D eigenvalue weighted by molar-refractivity contribution is -0.145. The minimum Gasteiger partial charge on any atom is -0.508 e. The minimum atomic E-state index is -0.626. The molecule has 4 rings (SSSR count). The van der Waals surface area contributed by atoms with Crippen molar-refractivity contribution in [3.8, 4) is 5.75 Å². The summed E-state index contributed by atoms with van der Waals surface area (Å²) in [5, 5.41) is 10.2. The van der Waals surface area contributed by atoms with Crippen LogP contribution in [0.4, 0.5) is 0 Å². The van der Waals surface area contributed by atoms with Crippen molar-refractivity contribution in [3.63, 3.8) is 0 Å². The molecule has 0 unspecified atom stereocenters. The summed E-state index contributed by atoms with van der Waals surface area (Å²) in [6, 6.07) is 5.67. The number of ether oxygens (including phenoxy) is 1. The van der Waals surface area contributed by atoms with Crippen molar-refractivity contribution in [1.29, 1.82) is 0 Å². The Morgan fingerprint density at radius 3 is 2.36 bits per heavy atom. The highest BCUT2D eigenvalue weighted by Gasteiger charge is 2.61. The van der Waals surface area contributed by atoms with E-state index in [0.717, 1.165) is 5.01 Å². The van der Waals surface area contributed by atoms with Crippen LogP contribution in [-0.2, 0) is 14.3 Å². The Morgan fingerprint density at radius 1 is 1.14 bits per heavy atom. The van der Waals surface area contributed by atoms with E-state index in [1.165, 1.54) is 24.3 Å². The predicted molar refractivity (Wildman–Crippen MR) is 72.2 cm³/mol. The van der Waals surface area contributed by atoms with Crippen molar-refractivity contribution in [1.82, 2.24) is 10.4 Å². The number of nitrogens with zero attached hydrogens (tertiary/aromatic N) is 1. The van der Waals surface area contributed by atoms with Gasteiger partial charge in [-0.05, 0) is 18.2 Å². The van der Waals surface area contributed by atoms with Crippen LogP contribution in [0.1, 0.15) is 10.4 Å². The first-order valence-electron chi connectivity index (χ1n) is 6.88. The van der Waals surface area contributed by atoms with E-state index in [-0.39, 0.29) is 11.3 Å². The van der Waals surface area contributed by atoms with E-state index in [0.29, 0.717) is 0 Å². The van der Waals surface area contributed by atoms with Crippen molar-refractivity contribution in [2.24, 2.45) is 11.8 Å². The zero-order valence-corrected chi connectivity index (χ0v) is 11.3. The molecule has 3 amide bonds. The van der Waals surface area contributed by atoms with Crippen LogP contribution in [0.15, 0.2) is 36.4 Å². The molecule has 1 aromatic rings. The first kappa shape index (κ1) is 13.0. The second-order valence-electron chi connectivity index (χ2n) is 5.50. The number of phenolic OH excluding ortho intramolecular Hbond substituents is 1. The molecule has 2 N–H and O–H groups in total. The molecular formula is C15H12N2O5. The van der Waals surface area contributed by atoms with Gasteiger partial charge in [0, 0.05) is 5.56 Å². The summed E-state index contributed by atoms with van der Waals surface area (Å²) in [6.07, 6.45) is 2.76. The molecular weight excluding hydrogens is 288 g/mol. The number of carbonyl (C=O) groups excluding carboxylic acids is 3. The molecule has 1 aromatic carbocycles.